The van der Waals surface area contributed by atoms with Crippen LogP contribution in [-0.2, 0) is 16.4 Å². The molecule has 3 heterocycles. The van der Waals surface area contributed by atoms with E-state index in [0.29, 0.717) is 22.9 Å². The normalized spacial score (nSPS) is 21.2. The van der Waals surface area contributed by atoms with Crippen LogP contribution in [0, 0.1) is 6.92 Å². The molecule has 1 atom stereocenters. The lowest BCUT2D eigenvalue weighted by Crippen LogP contribution is -2.46. The molecule has 6 nitrogen and oxygen atoms in total. The van der Waals surface area contributed by atoms with Crippen molar-refractivity contribution in [2.24, 2.45) is 0 Å². The van der Waals surface area contributed by atoms with Crippen LogP contribution in [0.1, 0.15) is 34.3 Å². The summed E-state index contributed by atoms with van der Waals surface area (Å²) >= 11 is 7.32. The minimum absolute atomic E-state index is 0.0139. The van der Waals surface area contributed by atoms with Crippen LogP contribution in [0.2, 0.25) is 5.02 Å². The Kier molecular flexibility index (Phi) is 4.76. The molecule has 1 fully saturated rings. The third-order valence-corrected chi connectivity index (χ3v) is 8.30. The number of thiophene rings is 1. The highest BCUT2D eigenvalue weighted by molar-refractivity contribution is 7.91. The largest absolute Gasteiger partial charge is 0.345 e. The Balaban J connectivity index is 1.59. The van der Waals surface area contributed by atoms with Crippen LogP contribution in [0.5, 0.6) is 0 Å². The van der Waals surface area contributed by atoms with E-state index in [0.717, 1.165) is 21.5 Å². The average Bonchev–Trinajstić information content (AvgIpc) is 3.24. The van der Waals surface area contributed by atoms with E-state index in [4.69, 9.17) is 11.6 Å². The van der Waals surface area contributed by atoms with Crippen molar-refractivity contribution in [1.29, 1.82) is 0 Å². The molecule has 3 aromatic rings. The fraction of sp³-hybridized carbons (Fsp3) is 0.368. The molecule has 1 aliphatic heterocycles. The maximum Gasteiger partial charge on any atom is 0.261 e. The smallest absolute Gasteiger partial charge is 0.261 e. The number of aryl methyl sites for hydroxylation is 1. The SMILES string of the molecule is Cc1nn(Cc2ccc(Cl)cc2)c2sc(C(=O)NC3(C)CCS(=O)(=O)C3)cc12. The van der Waals surface area contributed by atoms with Gasteiger partial charge in [0.25, 0.3) is 5.91 Å². The van der Waals surface area contributed by atoms with E-state index in [9.17, 15) is 13.2 Å². The second kappa shape index (κ2) is 6.86. The van der Waals surface area contributed by atoms with E-state index in [2.05, 4.69) is 10.4 Å². The molecule has 1 unspecified atom stereocenters. The molecule has 2 aromatic heterocycles. The van der Waals surface area contributed by atoms with Crippen LogP contribution in [0.3, 0.4) is 0 Å². The maximum atomic E-state index is 12.8. The van der Waals surface area contributed by atoms with Crippen molar-refractivity contribution >= 4 is 48.9 Å². The van der Waals surface area contributed by atoms with E-state index < -0.39 is 15.4 Å². The summed E-state index contributed by atoms with van der Waals surface area (Å²) in [6, 6.07) is 9.42. The van der Waals surface area contributed by atoms with Gasteiger partial charge >= 0.3 is 0 Å². The van der Waals surface area contributed by atoms with E-state index >= 15 is 0 Å². The molecule has 1 N–H and O–H groups in total. The highest BCUT2D eigenvalue weighted by atomic mass is 35.5. The molecule has 4 rings (SSSR count). The predicted octanol–water partition coefficient (Wildman–Crippen LogP) is 3.41. The second-order valence-electron chi connectivity index (χ2n) is 7.56. The summed E-state index contributed by atoms with van der Waals surface area (Å²) in [5.74, 6) is -0.135. The van der Waals surface area contributed by atoms with Gasteiger partial charge in [0.15, 0.2) is 9.84 Å². The first-order valence-electron chi connectivity index (χ1n) is 8.88. The van der Waals surface area contributed by atoms with Gasteiger partial charge in [-0.15, -0.1) is 11.3 Å². The Bertz CT molecular complexity index is 1170. The van der Waals surface area contributed by atoms with Crippen LogP contribution in [0.15, 0.2) is 30.3 Å². The molecule has 1 aliphatic rings. The Morgan fingerprint density at radius 2 is 2.07 bits per heavy atom. The van der Waals surface area contributed by atoms with Crippen LogP contribution in [0.25, 0.3) is 10.2 Å². The minimum atomic E-state index is -3.08. The van der Waals surface area contributed by atoms with Crippen molar-refractivity contribution in [2.45, 2.75) is 32.4 Å². The standard InChI is InChI=1S/C19H20ClN3O3S2/c1-12-15-9-16(17(24)21-19(2)7-8-28(25,26)11-19)27-18(15)23(22-12)10-13-3-5-14(20)6-4-13/h3-6,9H,7-8,10-11H2,1-2H3,(H,21,24). The van der Waals surface area contributed by atoms with Gasteiger partial charge in [-0.3, -0.25) is 9.48 Å². The summed E-state index contributed by atoms with van der Waals surface area (Å²) in [6.07, 6.45) is 0.440. The summed E-state index contributed by atoms with van der Waals surface area (Å²) in [7, 11) is -3.08. The van der Waals surface area contributed by atoms with Gasteiger partial charge in [0.1, 0.15) is 4.83 Å². The number of carbonyl (C=O) groups is 1. The Labute approximate surface area is 172 Å². The van der Waals surface area contributed by atoms with Gasteiger partial charge < -0.3 is 5.32 Å². The number of fused-ring (bicyclic) bond motifs is 1. The van der Waals surface area contributed by atoms with Gasteiger partial charge in [-0.2, -0.15) is 5.10 Å². The number of sulfone groups is 1. The van der Waals surface area contributed by atoms with E-state index in [1.165, 1.54) is 11.3 Å². The first kappa shape index (κ1) is 19.4. The molecule has 0 aliphatic carbocycles. The van der Waals surface area contributed by atoms with Crippen molar-refractivity contribution in [2.75, 3.05) is 11.5 Å². The molecule has 0 bridgehead atoms. The van der Waals surface area contributed by atoms with Crippen LogP contribution < -0.4 is 5.32 Å². The maximum absolute atomic E-state index is 12.8. The molecule has 1 amide bonds. The quantitative estimate of drug-likeness (QED) is 0.678. The molecule has 28 heavy (non-hydrogen) atoms. The number of nitrogens with zero attached hydrogens (tertiary/aromatic N) is 2. The molecule has 1 saturated heterocycles. The molecular weight excluding hydrogens is 418 g/mol. The van der Waals surface area contributed by atoms with E-state index in [1.807, 2.05) is 41.9 Å². The van der Waals surface area contributed by atoms with Crippen molar-refractivity contribution in [1.82, 2.24) is 15.1 Å². The molecule has 148 valence electrons. The van der Waals surface area contributed by atoms with E-state index in [1.54, 1.807) is 6.92 Å². The highest BCUT2D eigenvalue weighted by Crippen LogP contribution is 2.30. The van der Waals surface area contributed by atoms with Gasteiger partial charge in [0, 0.05) is 10.4 Å². The zero-order valence-electron chi connectivity index (χ0n) is 15.5. The third kappa shape index (κ3) is 3.81. The average molecular weight is 438 g/mol. The Morgan fingerprint density at radius 3 is 2.71 bits per heavy atom. The molecule has 0 radical (unpaired) electrons. The van der Waals surface area contributed by atoms with Crippen molar-refractivity contribution in [3.8, 4) is 0 Å². The number of halogens is 1. The van der Waals surface area contributed by atoms with Crippen LogP contribution in [0.4, 0.5) is 0 Å². The number of nitrogens with one attached hydrogen (secondary N) is 1. The van der Waals surface area contributed by atoms with Crippen molar-refractivity contribution < 1.29 is 13.2 Å². The lowest BCUT2D eigenvalue weighted by Gasteiger charge is -2.23. The van der Waals surface area contributed by atoms with Crippen LogP contribution in [-0.4, -0.2) is 41.2 Å². The first-order chi connectivity index (χ1) is 13.1. The zero-order valence-corrected chi connectivity index (χ0v) is 17.9. The molecule has 0 saturated carbocycles. The minimum Gasteiger partial charge on any atom is -0.345 e. The molecular formula is C19H20ClN3O3S2. The summed E-state index contributed by atoms with van der Waals surface area (Å²) in [5, 5.41) is 9.13. The van der Waals surface area contributed by atoms with Gasteiger partial charge in [-0.1, -0.05) is 23.7 Å². The van der Waals surface area contributed by atoms with Crippen molar-refractivity contribution in [3.63, 3.8) is 0 Å². The van der Waals surface area contributed by atoms with Gasteiger partial charge in [0.05, 0.1) is 34.2 Å². The van der Waals surface area contributed by atoms with Gasteiger partial charge in [0.2, 0.25) is 0 Å². The monoisotopic (exact) mass is 437 g/mol. The number of benzene rings is 1. The number of hydrogen-bond acceptors (Lipinski definition) is 5. The molecule has 9 heteroatoms. The fourth-order valence-electron chi connectivity index (χ4n) is 3.54. The lowest BCUT2D eigenvalue weighted by atomic mass is 10.0. The molecule has 1 aromatic carbocycles. The van der Waals surface area contributed by atoms with Gasteiger partial charge in [-0.05, 0) is 44.0 Å². The lowest BCUT2D eigenvalue weighted by molar-refractivity contribution is 0.0919. The van der Waals surface area contributed by atoms with Crippen LogP contribution >= 0.6 is 22.9 Å². The van der Waals surface area contributed by atoms with E-state index in [-0.39, 0.29) is 17.4 Å². The number of amides is 1. The predicted molar refractivity (Wildman–Crippen MR) is 112 cm³/mol. The summed E-state index contributed by atoms with van der Waals surface area (Å²) in [5.41, 5.74) is 1.21. The van der Waals surface area contributed by atoms with Crippen molar-refractivity contribution in [3.05, 3.63) is 51.5 Å². The number of carbonyl (C=O) groups excluding carboxylic acids is 1. The summed E-state index contributed by atoms with van der Waals surface area (Å²) in [6.45, 7) is 4.29. The molecule has 0 spiro atoms. The number of rotatable bonds is 4. The Morgan fingerprint density at radius 1 is 1.36 bits per heavy atom. The first-order valence-corrected chi connectivity index (χ1v) is 11.9. The second-order valence-corrected chi connectivity index (χ2v) is 11.2. The highest BCUT2D eigenvalue weighted by Gasteiger charge is 2.39. The Hall–Kier alpha value is -1.90. The number of hydrogen-bond donors (Lipinski definition) is 1. The van der Waals surface area contributed by atoms with Gasteiger partial charge in [-0.25, -0.2) is 8.42 Å². The summed E-state index contributed by atoms with van der Waals surface area (Å²) in [4.78, 5) is 14.2. The third-order valence-electron chi connectivity index (χ3n) is 5.00. The number of aromatic nitrogens is 2. The topological polar surface area (TPSA) is 81.1 Å². The zero-order chi connectivity index (χ0) is 20.1. The fourth-order valence-corrected chi connectivity index (χ4v) is 6.81. The summed E-state index contributed by atoms with van der Waals surface area (Å²) < 4.78 is 25.4.